The number of methoxy groups -OCH3 is 1. The maximum absolute atomic E-state index is 12.9. The lowest BCUT2D eigenvalue weighted by atomic mass is 10.1. The highest BCUT2D eigenvalue weighted by Crippen LogP contribution is 2.35. The SMILES string of the molecule is COc1cc(/C=C2/NC(=O)N(CC(=O)Nc3cccc(C)c3)C2=O)cc(I)c1OCc1ccc(Cl)c(Cl)c1. The van der Waals surface area contributed by atoms with E-state index in [0.29, 0.717) is 32.8 Å². The lowest BCUT2D eigenvalue weighted by Crippen LogP contribution is -2.38. The van der Waals surface area contributed by atoms with Crippen molar-refractivity contribution in [1.82, 2.24) is 10.2 Å². The average molecular weight is 666 g/mol. The molecule has 0 aromatic heterocycles. The highest BCUT2D eigenvalue weighted by molar-refractivity contribution is 14.1. The Hall–Kier alpha value is -3.28. The van der Waals surface area contributed by atoms with Gasteiger partial charge in [-0.15, -0.1) is 0 Å². The second-order valence-corrected chi connectivity index (χ2v) is 10.3. The number of hydrogen-bond donors (Lipinski definition) is 2. The molecule has 38 heavy (non-hydrogen) atoms. The van der Waals surface area contributed by atoms with Crippen LogP contribution in [0.3, 0.4) is 0 Å². The minimum Gasteiger partial charge on any atom is -0.493 e. The monoisotopic (exact) mass is 665 g/mol. The molecule has 11 heteroatoms. The number of hydrogen-bond acceptors (Lipinski definition) is 5. The van der Waals surface area contributed by atoms with Crippen molar-refractivity contribution in [3.8, 4) is 11.5 Å². The van der Waals surface area contributed by atoms with Gasteiger partial charge in [0, 0.05) is 5.69 Å². The number of aryl methyl sites for hydroxylation is 1. The predicted molar refractivity (Wildman–Crippen MR) is 155 cm³/mol. The van der Waals surface area contributed by atoms with Crippen molar-refractivity contribution in [1.29, 1.82) is 0 Å². The molecule has 2 N–H and O–H groups in total. The molecule has 0 radical (unpaired) electrons. The quantitative estimate of drug-likeness (QED) is 0.174. The molecule has 0 atom stereocenters. The van der Waals surface area contributed by atoms with Gasteiger partial charge in [0.1, 0.15) is 18.8 Å². The van der Waals surface area contributed by atoms with Crippen molar-refractivity contribution in [2.45, 2.75) is 13.5 Å². The fourth-order valence-corrected chi connectivity index (χ4v) is 4.80. The first-order valence-electron chi connectivity index (χ1n) is 11.3. The minimum absolute atomic E-state index is 0.0423. The number of halogens is 3. The second-order valence-electron chi connectivity index (χ2n) is 8.37. The van der Waals surface area contributed by atoms with Crippen LogP contribution in [0, 0.1) is 10.5 Å². The molecule has 1 aliphatic rings. The summed E-state index contributed by atoms with van der Waals surface area (Å²) in [6.07, 6.45) is 1.52. The number of carbonyl (C=O) groups is 3. The standard InChI is InChI=1S/C27H22Cl2IN3O5/c1-15-4-3-5-18(8-15)31-24(34)13-33-26(35)22(32-27(33)36)11-17-10-21(30)25(23(12-17)37-2)38-14-16-6-7-19(28)20(29)9-16/h3-12H,13-14H2,1-2H3,(H,31,34)(H,32,36)/b22-11+. The zero-order chi connectivity index (χ0) is 27.4. The van der Waals surface area contributed by atoms with Crippen LogP contribution in [0.4, 0.5) is 10.5 Å². The summed E-state index contributed by atoms with van der Waals surface area (Å²) in [5.74, 6) is -0.143. The number of nitrogens with one attached hydrogen (secondary N) is 2. The number of anilines is 1. The molecule has 0 saturated carbocycles. The van der Waals surface area contributed by atoms with Gasteiger partial charge in [-0.25, -0.2) is 9.69 Å². The summed E-state index contributed by atoms with van der Waals surface area (Å²) in [5.41, 5.74) is 3.03. The summed E-state index contributed by atoms with van der Waals surface area (Å²) >= 11 is 14.2. The molecule has 0 bridgehead atoms. The Morgan fingerprint density at radius 3 is 2.61 bits per heavy atom. The van der Waals surface area contributed by atoms with Crippen LogP contribution >= 0.6 is 45.8 Å². The van der Waals surface area contributed by atoms with Crippen LogP contribution in [0.15, 0.2) is 60.3 Å². The summed E-state index contributed by atoms with van der Waals surface area (Å²) < 4.78 is 12.2. The number of ether oxygens (including phenoxy) is 2. The molecule has 3 aromatic carbocycles. The molecule has 4 rings (SSSR count). The summed E-state index contributed by atoms with van der Waals surface area (Å²) in [4.78, 5) is 38.6. The summed E-state index contributed by atoms with van der Waals surface area (Å²) in [5, 5.41) is 6.11. The zero-order valence-electron chi connectivity index (χ0n) is 20.3. The Morgan fingerprint density at radius 1 is 1.11 bits per heavy atom. The second kappa shape index (κ2) is 12.1. The smallest absolute Gasteiger partial charge is 0.329 e. The average Bonchev–Trinajstić information content (AvgIpc) is 3.12. The van der Waals surface area contributed by atoms with Gasteiger partial charge in [0.25, 0.3) is 5.91 Å². The third-order valence-corrected chi connectivity index (χ3v) is 7.04. The van der Waals surface area contributed by atoms with E-state index in [4.69, 9.17) is 32.7 Å². The van der Waals surface area contributed by atoms with Crippen LogP contribution in [0.1, 0.15) is 16.7 Å². The molecule has 1 aliphatic heterocycles. The normalized spacial score (nSPS) is 14.0. The molecule has 1 fully saturated rings. The summed E-state index contributed by atoms with van der Waals surface area (Å²) in [6.45, 7) is 1.71. The van der Waals surface area contributed by atoms with Gasteiger partial charge in [0.2, 0.25) is 5.91 Å². The molecule has 0 aliphatic carbocycles. The van der Waals surface area contributed by atoms with Gasteiger partial charge in [-0.2, -0.15) is 0 Å². The third kappa shape index (κ3) is 6.58. The molecule has 4 amide bonds. The number of benzene rings is 3. The first-order chi connectivity index (χ1) is 18.1. The van der Waals surface area contributed by atoms with Gasteiger partial charge in [0.15, 0.2) is 11.5 Å². The van der Waals surface area contributed by atoms with Crippen LogP contribution in [0.5, 0.6) is 11.5 Å². The van der Waals surface area contributed by atoms with Gasteiger partial charge in [0.05, 0.1) is 20.7 Å². The maximum Gasteiger partial charge on any atom is 0.329 e. The molecule has 8 nitrogen and oxygen atoms in total. The Bertz CT molecular complexity index is 1460. The first-order valence-corrected chi connectivity index (χ1v) is 13.1. The zero-order valence-corrected chi connectivity index (χ0v) is 24.0. The number of imide groups is 1. The van der Waals surface area contributed by atoms with Crippen molar-refractivity contribution >= 4 is 75.4 Å². The van der Waals surface area contributed by atoms with Crippen LogP contribution in [0.2, 0.25) is 10.0 Å². The molecule has 1 saturated heterocycles. The van der Waals surface area contributed by atoms with E-state index in [0.717, 1.165) is 19.6 Å². The Labute approximate surface area is 243 Å². The molecular weight excluding hydrogens is 644 g/mol. The van der Waals surface area contributed by atoms with Crippen LogP contribution < -0.4 is 20.1 Å². The lowest BCUT2D eigenvalue weighted by Gasteiger charge is -2.14. The lowest BCUT2D eigenvalue weighted by molar-refractivity contribution is -0.127. The van der Waals surface area contributed by atoms with E-state index < -0.39 is 24.4 Å². The van der Waals surface area contributed by atoms with Gasteiger partial charge < -0.3 is 20.1 Å². The fourth-order valence-electron chi connectivity index (χ4n) is 3.70. The van der Waals surface area contributed by atoms with Crippen molar-refractivity contribution in [3.63, 3.8) is 0 Å². The highest BCUT2D eigenvalue weighted by atomic mass is 127. The van der Waals surface area contributed by atoms with Gasteiger partial charge >= 0.3 is 6.03 Å². The highest BCUT2D eigenvalue weighted by Gasteiger charge is 2.35. The molecule has 0 unspecified atom stereocenters. The first kappa shape index (κ1) is 27.7. The van der Waals surface area contributed by atoms with Crippen molar-refractivity contribution < 1.29 is 23.9 Å². The third-order valence-electron chi connectivity index (χ3n) is 5.50. The molecule has 196 valence electrons. The summed E-state index contributed by atoms with van der Waals surface area (Å²) in [7, 11) is 1.51. The molecule has 3 aromatic rings. The predicted octanol–water partition coefficient (Wildman–Crippen LogP) is 6.03. The van der Waals surface area contributed by atoms with Crippen LogP contribution in [-0.2, 0) is 16.2 Å². The number of carbonyl (C=O) groups excluding carboxylic acids is 3. The van der Waals surface area contributed by atoms with Crippen LogP contribution in [0.25, 0.3) is 6.08 Å². The van der Waals surface area contributed by atoms with E-state index >= 15 is 0 Å². The Morgan fingerprint density at radius 2 is 1.89 bits per heavy atom. The van der Waals surface area contributed by atoms with E-state index in [-0.39, 0.29) is 12.3 Å². The number of urea groups is 1. The fraction of sp³-hybridized carbons (Fsp3) is 0.148. The number of rotatable bonds is 8. The van der Waals surface area contributed by atoms with Crippen molar-refractivity contribution in [2.24, 2.45) is 0 Å². The van der Waals surface area contributed by atoms with Gasteiger partial charge in [-0.05, 0) is 88.7 Å². The van der Waals surface area contributed by atoms with E-state index in [1.165, 1.54) is 13.2 Å². The van der Waals surface area contributed by atoms with Gasteiger partial charge in [-0.1, -0.05) is 41.4 Å². The number of nitrogens with zero attached hydrogens (tertiary/aromatic N) is 1. The Balaban J connectivity index is 1.47. The van der Waals surface area contributed by atoms with E-state index in [9.17, 15) is 14.4 Å². The molecular formula is C27H22Cl2IN3O5. The van der Waals surface area contributed by atoms with Gasteiger partial charge in [-0.3, -0.25) is 9.59 Å². The van der Waals surface area contributed by atoms with Crippen molar-refractivity contribution in [2.75, 3.05) is 19.0 Å². The molecule has 0 spiro atoms. The summed E-state index contributed by atoms with van der Waals surface area (Å²) in [6, 6.07) is 15.3. The van der Waals surface area contributed by atoms with E-state index in [1.807, 2.05) is 19.1 Å². The Kier molecular flexibility index (Phi) is 8.80. The van der Waals surface area contributed by atoms with E-state index in [1.54, 1.807) is 42.5 Å². The minimum atomic E-state index is -0.677. The largest absolute Gasteiger partial charge is 0.493 e. The number of amides is 4. The topological polar surface area (TPSA) is 97.0 Å². The maximum atomic E-state index is 12.9. The molecule has 1 heterocycles. The van der Waals surface area contributed by atoms with Crippen molar-refractivity contribution in [3.05, 3.63) is 90.6 Å². The van der Waals surface area contributed by atoms with E-state index in [2.05, 4.69) is 33.2 Å². The van der Waals surface area contributed by atoms with Crippen LogP contribution in [-0.4, -0.2) is 36.4 Å².